The number of Topliss-reactive ketones (excluding diaryl/α,β-unsaturated/α-hetero) is 1. The van der Waals surface area contributed by atoms with Crippen LogP contribution in [0.15, 0.2) is 65.9 Å². The number of amides is 1. The van der Waals surface area contributed by atoms with Crippen LogP contribution in [0.5, 0.6) is 0 Å². The van der Waals surface area contributed by atoms with Crippen LogP contribution >= 0.6 is 0 Å². The predicted molar refractivity (Wildman–Crippen MR) is 195 cm³/mol. The first-order valence-electron chi connectivity index (χ1n) is 18.7. The van der Waals surface area contributed by atoms with Crippen LogP contribution in [0.2, 0.25) is 0 Å². The van der Waals surface area contributed by atoms with E-state index < -0.39 is 113 Å². The van der Waals surface area contributed by atoms with Crippen LogP contribution < -0.4 is 5.32 Å². The summed E-state index contributed by atoms with van der Waals surface area (Å²) in [6.07, 6.45) is -9.07. The SMILES string of the molecule is CC(=O)NC(c1ccccn1)C(O)C(=O)OC1CC2(O)C(OC(=O)c3ccccc3)C3C4(OC(C)=O)COC4CC(O)[C@@]3(C)C(=O)C(OC(C)=O)C(=C1C)C2(C)C. The van der Waals surface area contributed by atoms with Gasteiger partial charge in [0.2, 0.25) is 5.91 Å². The molecular formula is C41H48N2O14. The summed E-state index contributed by atoms with van der Waals surface area (Å²) in [6.45, 7) is 9.11. The van der Waals surface area contributed by atoms with Gasteiger partial charge in [-0.05, 0) is 49.3 Å². The Hall–Kier alpha value is -5.03. The fourth-order valence-corrected chi connectivity index (χ4v) is 9.46. The lowest BCUT2D eigenvalue weighted by Crippen LogP contribution is -2.82. The number of nitrogens with one attached hydrogen (secondary N) is 1. The van der Waals surface area contributed by atoms with E-state index in [1.807, 2.05) is 0 Å². The van der Waals surface area contributed by atoms with Crippen LogP contribution in [-0.4, -0.2) is 110 Å². The zero-order chi connectivity index (χ0) is 41.8. The Morgan fingerprint density at radius 3 is 2.18 bits per heavy atom. The molecule has 6 rings (SSSR count). The van der Waals surface area contributed by atoms with Gasteiger partial charge in [-0.25, -0.2) is 9.59 Å². The normalized spacial score (nSPS) is 33.7. The first kappa shape index (κ1) is 41.6. The quantitative estimate of drug-likeness (QED) is 0.161. The summed E-state index contributed by atoms with van der Waals surface area (Å²) < 4.78 is 30.0. The highest BCUT2D eigenvalue weighted by Crippen LogP contribution is 2.64. The Morgan fingerprint density at radius 1 is 0.947 bits per heavy atom. The number of carbonyl (C=O) groups excluding carboxylic acids is 6. The van der Waals surface area contributed by atoms with E-state index in [9.17, 15) is 39.3 Å². The Balaban J connectivity index is 1.57. The number of hydrogen-bond acceptors (Lipinski definition) is 15. The Kier molecular flexibility index (Phi) is 11.0. The molecule has 306 valence electrons. The smallest absolute Gasteiger partial charge is 0.338 e. The molecule has 16 nitrogen and oxygen atoms in total. The lowest BCUT2D eigenvalue weighted by Gasteiger charge is -2.67. The molecule has 4 N–H and O–H groups in total. The number of nitrogens with zero attached hydrogens (tertiary/aromatic N) is 1. The first-order valence-corrected chi connectivity index (χ1v) is 18.7. The van der Waals surface area contributed by atoms with Crippen molar-refractivity contribution in [3.05, 3.63) is 77.1 Å². The van der Waals surface area contributed by atoms with Gasteiger partial charge in [0.1, 0.15) is 30.0 Å². The van der Waals surface area contributed by atoms with E-state index in [4.69, 9.17) is 23.7 Å². The fraction of sp³-hybridized carbons (Fsp3) is 0.537. The van der Waals surface area contributed by atoms with E-state index in [0.717, 1.165) is 13.8 Å². The Bertz CT molecular complexity index is 1990. The summed E-state index contributed by atoms with van der Waals surface area (Å²) >= 11 is 0. The van der Waals surface area contributed by atoms with Crippen molar-refractivity contribution in [1.82, 2.24) is 10.3 Å². The minimum atomic E-state index is -2.38. The highest BCUT2D eigenvalue weighted by atomic mass is 16.6. The maximum absolute atomic E-state index is 15.4. The molecule has 1 aliphatic heterocycles. The molecule has 2 saturated carbocycles. The summed E-state index contributed by atoms with van der Waals surface area (Å²) in [5.74, 6) is -6.85. The lowest BCUT2D eigenvalue weighted by molar-refractivity contribution is -0.346. The van der Waals surface area contributed by atoms with E-state index in [-0.39, 0.29) is 35.4 Å². The second-order valence-electron chi connectivity index (χ2n) is 16.1. The van der Waals surface area contributed by atoms with Crippen LogP contribution in [0.1, 0.15) is 83.4 Å². The summed E-state index contributed by atoms with van der Waals surface area (Å²) in [5, 5.41) is 39.4. The molecular weight excluding hydrogens is 744 g/mol. The van der Waals surface area contributed by atoms with E-state index in [2.05, 4.69) is 10.3 Å². The number of benzene rings is 1. The van der Waals surface area contributed by atoms with Gasteiger partial charge in [0.05, 0.1) is 35.3 Å². The van der Waals surface area contributed by atoms with Crippen molar-refractivity contribution in [2.45, 2.75) is 115 Å². The third-order valence-corrected chi connectivity index (χ3v) is 12.4. The molecule has 0 spiro atoms. The molecule has 1 aromatic carbocycles. The number of fused-ring (bicyclic) bond motifs is 5. The average Bonchev–Trinajstić information content (AvgIpc) is 3.15. The van der Waals surface area contributed by atoms with Crippen LogP contribution in [0.4, 0.5) is 0 Å². The largest absolute Gasteiger partial charge is 0.456 e. The van der Waals surface area contributed by atoms with Gasteiger partial charge in [0.25, 0.3) is 0 Å². The molecule has 2 aromatic rings. The fourth-order valence-electron chi connectivity index (χ4n) is 9.46. The second kappa shape index (κ2) is 15.0. The number of hydrogen-bond donors (Lipinski definition) is 4. The molecule has 3 fully saturated rings. The number of aliphatic hydroxyl groups excluding tert-OH is 2. The monoisotopic (exact) mass is 792 g/mol. The minimum absolute atomic E-state index is 0.00645. The van der Waals surface area contributed by atoms with Crippen molar-refractivity contribution in [3.63, 3.8) is 0 Å². The minimum Gasteiger partial charge on any atom is -0.456 e. The molecule has 1 aromatic heterocycles. The Labute approximate surface area is 328 Å². The molecule has 57 heavy (non-hydrogen) atoms. The zero-order valence-electron chi connectivity index (χ0n) is 32.7. The maximum Gasteiger partial charge on any atom is 0.338 e. The molecule has 16 heteroatoms. The van der Waals surface area contributed by atoms with E-state index >= 15 is 4.79 Å². The van der Waals surface area contributed by atoms with Crippen molar-refractivity contribution in [2.24, 2.45) is 16.7 Å². The molecule has 3 aliphatic carbocycles. The van der Waals surface area contributed by atoms with Gasteiger partial charge >= 0.3 is 23.9 Å². The Morgan fingerprint density at radius 2 is 1.61 bits per heavy atom. The van der Waals surface area contributed by atoms with E-state index in [1.165, 1.54) is 45.2 Å². The number of pyridine rings is 1. The summed E-state index contributed by atoms with van der Waals surface area (Å²) in [7, 11) is 0. The summed E-state index contributed by atoms with van der Waals surface area (Å²) in [5.41, 5.74) is -7.47. The number of aromatic nitrogens is 1. The highest BCUT2D eigenvalue weighted by Gasteiger charge is 2.78. The van der Waals surface area contributed by atoms with Gasteiger partial charge in [-0.1, -0.05) is 38.1 Å². The van der Waals surface area contributed by atoms with Crippen molar-refractivity contribution in [1.29, 1.82) is 0 Å². The van der Waals surface area contributed by atoms with E-state index in [0.29, 0.717) is 0 Å². The lowest BCUT2D eigenvalue weighted by atomic mass is 9.44. The molecule has 1 amide bonds. The van der Waals surface area contributed by atoms with E-state index in [1.54, 1.807) is 44.2 Å². The number of ether oxygens (including phenoxy) is 5. The van der Waals surface area contributed by atoms with Crippen molar-refractivity contribution >= 4 is 35.6 Å². The van der Waals surface area contributed by atoms with Crippen LogP contribution in [0.3, 0.4) is 0 Å². The number of rotatable bonds is 9. The summed E-state index contributed by atoms with van der Waals surface area (Å²) in [4.78, 5) is 85.6. The topological polar surface area (TPSA) is 234 Å². The molecule has 2 bridgehead atoms. The van der Waals surface area contributed by atoms with Crippen molar-refractivity contribution in [2.75, 3.05) is 6.61 Å². The van der Waals surface area contributed by atoms with Crippen molar-refractivity contribution < 1.29 is 67.8 Å². The number of aliphatic hydroxyl groups is 3. The maximum atomic E-state index is 15.4. The first-order chi connectivity index (χ1) is 26.7. The summed E-state index contributed by atoms with van der Waals surface area (Å²) in [6, 6.07) is 11.1. The van der Waals surface area contributed by atoms with Gasteiger partial charge < -0.3 is 44.3 Å². The van der Waals surface area contributed by atoms with Gasteiger partial charge in [-0.3, -0.25) is 24.2 Å². The van der Waals surface area contributed by atoms with Crippen molar-refractivity contribution in [3.8, 4) is 0 Å². The molecule has 1 saturated heterocycles. The average molecular weight is 793 g/mol. The second-order valence-corrected chi connectivity index (χ2v) is 16.1. The molecule has 4 aliphatic rings. The number of esters is 4. The van der Waals surface area contributed by atoms with Gasteiger partial charge in [0.15, 0.2) is 23.6 Å². The zero-order valence-corrected chi connectivity index (χ0v) is 32.7. The molecule has 0 radical (unpaired) electrons. The number of ketones is 1. The third-order valence-electron chi connectivity index (χ3n) is 12.4. The van der Waals surface area contributed by atoms with Crippen LogP contribution in [-0.2, 0) is 47.7 Å². The van der Waals surface area contributed by atoms with Gasteiger partial charge in [0, 0.05) is 45.2 Å². The molecule has 2 heterocycles. The standard InChI is InChI=1S/C41H48N2O14/c1-20-26(55-37(51)31(48)30(43-21(2)44)25-15-11-12-16-42-25)18-41(52)35(56-36(50)24-13-9-8-10-14-24)33-39(7,27(47)17-28-40(33,19-53-28)57-23(4)46)34(49)32(54-22(3)45)29(20)38(41,5)6/h8-16,26-28,30-33,35,47-48,52H,17-19H2,1-7H3,(H,43,44)/t26?,27?,28?,30?,31?,32?,33?,35?,39-,40?,41?/m1/s1. The third kappa shape index (κ3) is 6.81. The van der Waals surface area contributed by atoms with Gasteiger partial charge in [-0.2, -0.15) is 0 Å². The molecule has 10 unspecified atom stereocenters. The highest BCUT2D eigenvalue weighted by molar-refractivity contribution is 5.95. The van der Waals surface area contributed by atoms with Gasteiger partial charge in [-0.15, -0.1) is 0 Å². The molecule has 11 atom stereocenters. The number of carbonyl (C=O) groups is 6. The van der Waals surface area contributed by atoms with Crippen LogP contribution in [0, 0.1) is 16.7 Å². The predicted octanol–water partition coefficient (Wildman–Crippen LogP) is 1.84. The van der Waals surface area contributed by atoms with Crippen LogP contribution in [0.25, 0.3) is 0 Å².